The average molecular weight is 395 g/mol. The van der Waals surface area contributed by atoms with Crippen LogP contribution in [0.3, 0.4) is 0 Å². The van der Waals surface area contributed by atoms with Gasteiger partial charge >= 0.3 is 5.97 Å². The van der Waals surface area contributed by atoms with Gasteiger partial charge in [0.25, 0.3) is 5.91 Å². The van der Waals surface area contributed by atoms with Crippen LogP contribution < -0.4 is 4.80 Å². The van der Waals surface area contributed by atoms with E-state index in [2.05, 4.69) is 4.99 Å². The molecule has 8 heteroatoms. The minimum Gasteiger partial charge on any atom is -0.480 e. The van der Waals surface area contributed by atoms with Crippen LogP contribution >= 0.6 is 34.5 Å². The van der Waals surface area contributed by atoms with Crippen molar-refractivity contribution in [2.75, 3.05) is 0 Å². The van der Waals surface area contributed by atoms with Gasteiger partial charge in [0, 0.05) is 10.6 Å². The Morgan fingerprint density at radius 3 is 2.60 bits per heavy atom. The van der Waals surface area contributed by atoms with Gasteiger partial charge in [-0.1, -0.05) is 46.7 Å². The number of hydrogen-bond donors (Lipinski definition) is 1. The van der Waals surface area contributed by atoms with Crippen LogP contribution in [-0.2, 0) is 4.79 Å². The summed E-state index contributed by atoms with van der Waals surface area (Å²) in [6.45, 7) is 1.53. The number of hydrogen-bond acceptors (Lipinski definition) is 3. The number of fused-ring (bicyclic) bond motifs is 1. The molecule has 0 fully saturated rings. The molecule has 128 valence electrons. The van der Waals surface area contributed by atoms with Crippen molar-refractivity contribution in [3.63, 3.8) is 0 Å². The van der Waals surface area contributed by atoms with E-state index in [1.54, 1.807) is 36.4 Å². The van der Waals surface area contributed by atoms with Gasteiger partial charge in [-0.25, -0.2) is 4.79 Å². The summed E-state index contributed by atoms with van der Waals surface area (Å²) in [5, 5.41) is 10.3. The maximum Gasteiger partial charge on any atom is 0.326 e. The van der Waals surface area contributed by atoms with Crippen LogP contribution in [0.25, 0.3) is 10.2 Å². The second kappa shape index (κ2) is 7.00. The van der Waals surface area contributed by atoms with Crippen molar-refractivity contribution in [2.24, 2.45) is 4.99 Å². The summed E-state index contributed by atoms with van der Waals surface area (Å²) in [4.78, 5) is 28.3. The summed E-state index contributed by atoms with van der Waals surface area (Å²) in [5.41, 5.74) is 0.940. The van der Waals surface area contributed by atoms with E-state index in [0.29, 0.717) is 25.8 Å². The topological polar surface area (TPSA) is 71.7 Å². The number of carboxylic acids is 1. The van der Waals surface area contributed by atoms with Gasteiger partial charge < -0.3 is 9.67 Å². The normalized spacial score (nSPS) is 13.2. The maximum absolute atomic E-state index is 12.5. The Labute approximate surface area is 156 Å². The van der Waals surface area contributed by atoms with Gasteiger partial charge in [0.1, 0.15) is 6.04 Å². The molecule has 0 spiro atoms. The highest BCUT2D eigenvalue weighted by molar-refractivity contribution is 7.17. The maximum atomic E-state index is 12.5. The lowest BCUT2D eigenvalue weighted by Gasteiger charge is -2.10. The zero-order chi connectivity index (χ0) is 18.1. The van der Waals surface area contributed by atoms with Crippen molar-refractivity contribution >= 4 is 56.6 Å². The van der Waals surface area contributed by atoms with Crippen molar-refractivity contribution in [1.29, 1.82) is 0 Å². The fourth-order valence-corrected chi connectivity index (χ4v) is 3.94. The monoisotopic (exact) mass is 394 g/mol. The number of amides is 1. The second-order valence-electron chi connectivity index (χ2n) is 5.28. The van der Waals surface area contributed by atoms with Crippen molar-refractivity contribution < 1.29 is 14.7 Å². The highest BCUT2D eigenvalue weighted by Gasteiger charge is 2.20. The molecule has 5 nitrogen and oxygen atoms in total. The number of nitrogens with zero attached hydrogens (tertiary/aromatic N) is 2. The van der Waals surface area contributed by atoms with E-state index < -0.39 is 17.9 Å². The number of carboxylic acid groups (broad SMARTS) is 1. The van der Waals surface area contributed by atoms with Crippen LogP contribution in [0.15, 0.2) is 47.5 Å². The molecule has 1 heterocycles. The Balaban J connectivity index is 2.24. The number of aliphatic carboxylic acids is 1. The summed E-state index contributed by atoms with van der Waals surface area (Å²) in [6, 6.07) is 10.7. The first-order chi connectivity index (χ1) is 11.9. The fourth-order valence-electron chi connectivity index (χ4n) is 2.37. The number of carbonyl (C=O) groups is 2. The third-order valence-corrected chi connectivity index (χ3v) is 5.38. The molecule has 3 aromatic rings. The van der Waals surface area contributed by atoms with Gasteiger partial charge in [-0.2, -0.15) is 4.99 Å². The fraction of sp³-hybridized carbons (Fsp3) is 0.118. The lowest BCUT2D eigenvalue weighted by atomic mass is 10.2. The van der Waals surface area contributed by atoms with E-state index in [9.17, 15) is 14.7 Å². The average Bonchev–Trinajstić information content (AvgIpc) is 2.93. The third-order valence-electron chi connectivity index (χ3n) is 3.62. The molecule has 0 saturated carbocycles. The molecule has 1 atom stereocenters. The first-order valence-electron chi connectivity index (χ1n) is 7.25. The van der Waals surface area contributed by atoms with Crippen LogP contribution in [0.5, 0.6) is 0 Å². The summed E-state index contributed by atoms with van der Waals surface area (Å²) in [7, 11) is 0. The van der Waals surface area contributed by atoms with Crippen LogP contribution in [0.1, 0.15) is 23.3 Å². The largest absolute Gasteiger partial charge is 0.480 e. The first-order valence-corrected chi connectivity index (χ1v) is 8.82. The highest BCUT2D eigenvalue weighted by Crippen LogP contribution is 2.28. The van der Waals surface area contributed by atoms with Crippen LogP contribution in [-0.4, -0.2) is 21.6 Å². The molecular weight excluding hydrogens is 383 g/mol. The van der Waals surface area contributed by atoms with E-state index in [-0.39, 0.29) is 4.80 Å². The standard InChI is InChI=1S/C17H12Cl2N2O3S/c1-9(16(23)24)21-13-7-3-6-12(19)14(13)25-17(21)20-15(22)10-4-2-5-11(18)8-10/h2-9H,1H3,(H,23,24). The van der Waals surface area contributed by atoms with E-state index in [1.807, 2.05) is 0 Å². The van der Waals surface area contributed by atoms with Gasteiger partial charge in [0.2, 0.25) is 0 Å². The summed E-state index contributed by atoms with van der Waals surface area (Å²) < 4.78 is 2.17. The minimum atomic E-state index is -1.03. The summed E-state index contributed by atoms with van der Waals surface area (Å²) >= 11 is 13.3. The van der Waals surface area contributed by atoms with E-state index in [4.69, 9.17) is 23.2 Å². The smallest absolute Gasteiger partial charge is 0.326 e. The molecule has 1 unspecified atom stereocenters. The Kier molecular flexibility index (Phi) is 4.94. The molecule has 0 aliphatic heterocycles. The summed E-state index contributed by atoms with van der Waals surface area (Å²) in [6.07, 6.45) is 0. The lowest BCUT2D eigenvalue weighted by molar-refractivity contribution is -0.140. The third kappa shape index (κ3) is 3.46. The van der Waals surface area contributed by atoms with E-state index in [0.717, 1.165) is 0 Å². The van der Waals surface area contributed by atoms with Crippen LogP contribution in [0, 0.1) is 0 Å². The Hall–Kier alpha value is -2.15. The Bertz CT molecular complexity index is 1060. The quantitative estimate of drug-likeness (QED) is 0.715. The van der Waals surface area contributed by atoms with Crippen molar-refractivity contribution in [3.8, 4) is 0 Å². The van der Waals surface area contributed by atoms with Crippen LogP contribution in [0.4, 0.5) is 0 Å². The van der Waals surface area contributed by atoms with Gasteiger partial charge in [-0.05, 0) is 37.3 Å². The SMILES string of the molecule is CC(C(=O)O)n1c(=NC(=O)c2cccc(Cl)c2)sc2c(Cl)cccc21. The highest BCUT2D eigenvalue weighted by atomic mass is 35.5. The van der Waals surface area contributed by atoms with E-state index in [1.165, 1.54) is 28.9 Å². The van der Waals surface area contributed by atoms with E-state index >= 15 is 0 Å². The minimum absolute atomic E-state index is 0.267. The van der Waals surface area contributed by atoms with Crippen molar-refractivity contribution in [3.05, 3.63) is 62.9 Å². The molecule has 0 aliphatic rings. The first kappa shape index (κ1) is 17.7. The van der Waals surface area contributed by atoms with Gasteiger partial charge in [0.15, 0.2) is 4.80 Å². The number of aromatic nitrogens is 1. The molecule has 1 amide bonds. The molecular formula is C17H12Cl2N2O3S. The molecule has 1 N–H and O–H groups in total. The molecule has 3 rings (SSSR count). The zero-order valence-electron chi connectivity index (χ0n) is 12.9. The Morgan fingerprint density at radius 1 is 1.20 bits per heavy atom. The predicted molar refractivity (Wildman–Crippen MR) is 98.5 cm³/mol. The molecule has 0 bridgehead atoms. The van der Waals surface area contributed by atoms with Gasteiger partial charge in [-0.3, -0.25) is 4.79 Å². The molecule has 25 heavy (non-hydrogen) atoms. The zero-order valence-corrected chi connectivity index (χ0v) is 15.3. The van der Waals surface area contributed by atoms with Crippen molar-refractivity contribution in [2.45, 2.75) is 13.0 Å². The number of carbonyl (C=O) groups excluding carboxylic acids is 1. The predicted octanol–water partition coefficient (Wildman–Crippen LogP) is 4.40. The molecule has 1 aromatic heterocycles. The number of halogens is 2. The molecule has 2 aromatic carbocycles. The summed E-state index contributed by atoms with van der Waals surface area (Å²) in [5.74, 6) is -1.53. The van der Waals surface area contributed by atoms with Gasteiger partial charge in [0.05, 0.1) is 15.2 Å². The van der Waals surface area contributed by atoms with Gasteiger partial charge in [-0.15, -0.1) is 0 Å². The molecule has 0 saturated heterocycles. The lowest BCUT2D eigenvalue weighted by Crippen LogP contribution is -2.25. The Morgan fingerprint density at radius 2 is 1.92 bits per heavy atom. The molecule has 0 radical (unpaired) electrons. The molecule has 0 aliphatic carbocycles. The number of benzene rings is 2. The number of rotatable bonds is 3. The van der Waals surface area contributed by atoms with Crippen molar-refractivity contribution in [1.82, 2.24) is 4.57 Å². The second-order valence-corrected chi connectivity index (χ2v) is 7.11. The van der Waals surface area contributed by atoms with Crippen LogP contribution in [0.2, 0.25) is 10.0 Å². The number of thiazole rings is 1.